The Morgan fingerprint density at radius 2 is 1.75 bits per heavy atom. The summed E-state index contributed by atoms with van der Waals surface area (Å²) in [7, 11) is 0. The highest BCUT2D eigenvalue weighted by atomic mass is 35.5. The zero-order valence-corrected chi connectivity index (χ0v) is 21.7. The van der Waals surface area contributed by atoms with Crippen LogP contribution in [0.15, 0.2) is 42.5 Å². The molecule has 0 bridgehead atoms. The fourth-order valence-electron chi connectivity index (χ4n) is 3.23. The molecule has 4 nitrogen and oxygen atoms in total. The maximum Gasteiger partial charge on any atom is 0.243 e. The van der Waals surface area contributed by atoms with Crippen molar-refractivity contribution >= 4 is 46.8 Å². The van der Waals surface area contributed by atoms with Gasteiger partial charge in [-0.05, 0) is 57.4 Å². The molecule has 174 valence electrons. The van der Waals surface area contributed by atoms with Crippen LogP contribution in [0.4, 0.5) is 0 Å². The minimum atomic E-state index is -0.539. The van der Waals surface area contributed by atoms with Crippen molar-refractivity contribution in [3.05, 3.63) is 69.2 Å². The van der Waals surface area contributed by atoms with Crippen molar-refractivity contribution in [2.45, 2.75) is 64.9 Å². The third kappa shape index (κ3) is 8.34. The smallest absolute Gasteiger partial charge is 0.243 e. The molecule has 2 rings (SSSR count). The molecule has 1 N–H and O–H groups in total. The van der Waals surface area contributed by atoms with Crippen LogP contribution in [0.25, 0.3) is 0 Å². The highest BCUT2D eigenvalue weighted by Gasteiger charge is 2.30. The quantitative estimate of drug-likeness (QED) is 0.447. The van der Waals surface area contributed by atoms with Gasteiger partial charge in [0, 0.05) is 27.9 Å². The predicted octanol–water partition coefficient (Wildman–Crippen LogP) is 6.26. The number of hydrogen-bond donors (Lipinski definition) is 1. The Hall–Kier alpha value is -1.69. The second kappa shape index (κ2) is 12.0. The van der Waals surface area contributed by atoms with Crippen LogP contribution in [-0.4, -0.2) is 34.0 Å². The van der Waals surface area contributed by atoms with E-state index in [1.807, 2.05) is 65.0 Å². The van der Waals surface area contributed by atoms with E-state index in [1.165, 1.54) is 11.8 Å². The maximum atomic E-state index is 13.3. The molecule has 1 atom stereocenters. The molecule has 0 aliphatic rings. The van der Waals surface area contributed by atoms with Gasteiger partial charge in [0.1, 0.15) is 6.04 Å². The average molecular weight is 496 g/mol. The number of aryl methyl sites for hydroxylation is 1. The Kier molecular flexibility index (Phi) is 9.93. The molecule has 0 aliphatic carbocycles. The fraction of sp³-hybridized carbons (Fsp3) is 0.440. The van der Waals surface area contributed by atoms with Gasteiger partial charge in [-0.3, -0.25) is 9.59 Å². The van der Waals surface area contributed by atoms with Crippen LogP contribution >= 0.6 is 35.0 Å². The summed E-state index contributed by atoms with van der Waals surface area (Å²) in [6.07, 6.45) is 0.535. The first kappa shape index (κ1) is 26.6. The third-order valence-electron chi connectivity index (χ3n) is 4.86. The molecular formula is C25H32Cl2N2O2S. The van der Waals surface area contributed by atoms with Gasteiger partial charge >= 0.3 is 0 Å². The van der Waals surface area contributed by atoms with Crippen LogP contribution in [0.3, 0.4) is 0 Å². The average Bonchev–Trinajstić information content (AvgIpc) is 2.69. The fourth-order valence-corrected chi connectivity index (χ4v) is 4.70. The first-order valence-corrected chi connectivity index (χ1v) is 12.6. The van der Waals surface area contributed by atoms with Crippen LogP contribution in [0, 0.1) is 6.92 Å². The predicted molar refractivity (Wildman–Crippen MR) is 136 cm³/mol. The molecule has 2 aromatic carbocycles. The molecule has 1 unspecified atom stereocenters. The summed E-state index contributed by atoms with van der Waals surface area (Å²) in [6.45, 7) is 10.2. The van der Waals surface area contributed by atoms with Crippen molar-refractivity contribution in [3.8, 4) is 0 Å². The Balaban J connectivity index is 2.16. The summed E-state index contributed by atoms with van der Waals surface area (Å²) in [5.41, 5.74) is 2.70. The van der Waals surface area contributed by atoms with Gasteiger partial charge in [-0.1, -0.05) is 66.0 Å². The van der Waals surface area contributed by atoms with Crippen molar-refractivity contribution in [2.24, 2.45) is 0 Å². The van der Waals surface area contributed by atoms with Crippen molar-refractivity contribution in [3.63, 3.8) is 0 Å². The van der Waals surface area contributed by atoms with Crippen molar-refractivity contribution < 1.29 is 9.59 Å². The molecule has 0 saturated carbocycles. The topological polar surface area (TPSA) is 49.4 Å². The van der Waals surface area contributed by atoms with E-state index in [0.717, 1.165) is 16.7 Å². The molecule has 0 heterocycles. The number of nitrogens with one attached hydrogen (secondary N) is 1. The summed E-state index contributed by atoms with van der Waals surface area (Å²) in [4.78, 5) is 28.0. The van der Waals surface area contributed by atoms with E-state index in [2.05, 4.69) is 5.32 Å². The van der Waals surface area contributed by atoms with Crippen LogP contribution < -0.4 is 5.32 Å². The molecule has 0 saturated heterocycles. The number of benzene rings is 2. The number of carbonyl (C=O) groups is 2. The van der Waals surface area contributed by atoms with Gasteiger partial charge in [-0.25, -0.2) is 0 Å². The Morgan fingerprint density at radius 3 is 2.31 bits per heavy atom. The second-order valence-corrected chi connectivity index (χ2v) is 10.7. The van der Waals surface area contributed by atoms with Crippen molar-refractivity contribution in [1.82, 2.24) is 10.2 Å². The van der Waals surface area contributed by atoms with E-state index in [1.54, 1.807) is 17.0 Å². The normalized spacial score (nSPS) is 12.3. The Labute approximate surface area is 206 Å². The number of hydrogen-bond acceptors (Lipinski definition) is 3. The van der Waals surface area contributed by atoms with Crippen LogP contribution in [0.2, 0.25) is 10.0 Å². The summed E-state index contributed by atoms with van der Waals surface area (Å²) in [5, 5.41) is 4.20. The molecule has 0 spiro atoms. The lowest BCUT2D eigenvalue weighted by Crippen LogP contribution is -2.53. The highest BCUT2D eigenvalue weighted by molar-refractivity contribution is 7.99. The zero-order valence-electron chi connectivity index (χ0n) is 19.4. The van der Waals surface area contributed by atoms with Crippen LogP contribution in [-0.2, 0) is 21.9 Å². The molecule has 2 amide bonds. The van der Waals surface area contributed by atoms with Gasteiger partial charge in [0.25, 0.3) is 0 Å². The first-order chi connectivity index (χ1) is 15.0. The van der Waals surface area contributed by atoms with E-state index >= 15 is 0 Å². The van der Waals surface area contributed by atoms with Gasteiger partial charge in [0.2, 0.25) is 11.8 Å². The third-order valence-corrected chi connectivity index (χ3v) is 6.41. The van der Waals surface area contributed by atoms with Crippen molar-refractivity contribution in [1.29, 1.82) is 0 Å². The number of halogens is 2. The molecule has 0 aromatic heterocycles. The number of thioether (sulfide) groups is 1. The summed E-state index contributed by atoms with van der Waals surface area (Å²) in [6, 6.07) is 12.9. The standard InChI is InChI=1S/C25H32Cl2N2O2S/c1-6-22(24(31)28-25(3,4)5)29(14-18-9-7-17(2)8-10-18)23(30)16-32-15-19-11-12-20(26)13-21(19)27/h7-13,22H,6,14-16H2,1-5H3,(H,28,31). The minimum Gasteiger partial charge on any atom is -0.350 e. The van der Waals surface area contributed by atoms with E-state index in [4.69, 9.17) is 23.2 Å². The lowest BCUT2D eigenvalue weighted by Gasteiger charge is -2.33. The van der Waals surface area contributed by atoms with E-state index in [0.29, 0.717) is 28.8 Å². The van der Waals surface area contributed by atoms with Gasteiger partial charge in [0.15, 0.2) is 0 Å². The van der Waals surface area contributed by atoms with E-state index < -0.39 is 6.04 Å². The SMILES string of the molecule is CCC(C(=O)NC(C)(C)C)N(Cc1ccc(C)cc1)C(=O)CSCc1ccc(Cl)cc1Cl. The summed E-state index contributed by atoms with van der Waals surface area (Å²) in [5.74, 6) is 0.637. The van der Waals surface area contributed by atoms with E-state index in [9.17, 15) is 9.59 Å². The van der Waals surface area contributed by atoms with Gasteiger partial charge < -0.3 is 10.2 Å². The number of amides is 2. The van der Waals surface area contributed by atoms with Gasteiger partial charge in [-0.2, -0.15) is 0 Å². The summed E-state index contributed by atoms with van der Waals surface area (Å²) < 4.78 is 0. The molecule has 0 radical (unpaired) electrons. The number of carbonyl (C=O) groups excluding carboxylic acids is 2. The lowest BCUT2D eigenvalue weighted by molar-refractivity contribution is -0.140. The Bertz CT molecular complexity index is 927. The van der Waals surface area contributed by atoms with Crippen LogP contribution in [0.1, 0.15) is 50.8 Å². The zero-order chi connectivity index (χ0) is 23.9. The summed E-state index contributed by atoms with van der Waals surface area (Å²) >= 11 is 13.7. The maximum absolute atomic E-state index is 13.3. The Morgan fingerprint density at radius 1 is 1.09 bits per heavy atom. The molecular weight excluding hydrogens is 463 g/mol. The largest absolute Gasteiger partial charge is 0.350 e. The highest BCUT2D eigenvalue weighted by Crippen LogP contribution is 2.25. The first-order valence-electron chi connectivity index (χ1n) is 10.7. The lowest BCUT2D eigenvalue weighted by atomic mass is 10.1. The van der Waals surface area contributed by atoms with Gasteiger partial charge in [0.05, 0.1) is 5.75 Å². The van der Waals surface area contributed by atoms with Gasteiger partial charge in [-0.15, -0.1) is 11.8 Å². The van der Waals surface area contributed by atoms with Crippen LogP contribution in [0.5, 0.6) is 0 Å². The molecule has 0 aliphatic heterocycles. The van der Waals surface area contributed by atoms with Crippen molar-refractivity contribution in [2.75, 3.05) is 5.75 Å². The monoisotopic (exact) mass is 494 g/mol. The second-order valence-electron chi connectivity index (χ2n) is 8.90. The molecule has 32 heavy (non-hydrogen) atoms. The minimum absolute atomic E-state index is 0.0726. The molecule has 7 heteroatoms. The number of nitrogens with zero attached hydrogens (tertiary/aromatic N) is 1. The van der Waals surface area contributed by atoms with E-state index in [-0.39, 0.29) is 23.1 Å². The molecule has 2 aromatic rings. The molecule has 0 fully saturated rings. The number of rotatable bonds is 9.